The van der Waals surface area contributed by atoms with Gasteiger partial charge in [0.1, 0.15) is 5.69 Å². The summed E-state index contributed by atoms with van der Waals surface area (Å²) in [5.41, 5.74) is 0.139. The van der Waals surface area contributed by atoms with Crippen LogP contribution in [0.3, 0.4) is 0 Å². The Morgan fingerprint density at radius 1 is 1.21 bits per heavy atom. The van der Waals surface area contributed by atoms with E-state index in [4.69, 9.17) is 5.26 Å². The third kappa shape index (κ3) is 4.76. The molecule has 0 heterocycles. The van der Waals surface area contributed by atoms with Crippen LogP contribution in [-0.4, -0.2) is 19.2 Å². The van der Waals surface area contributed by atoms with E-state index in [-0.39, 0.29) is 21.4 Å². The highest BCUT2D eigenvalue weighted by atomic mass is 32.2. The zero-order chi connectivity index (χ0) is 17.6. The Bertz CT molecular complexity index is 758. The summed E-state index contributed by atoms with van der Waals surface area (Å²) in [7, 11) is -3.97. The molecule has 1 aromatic carbocycles. The monoisotopic (exact) mass is 350 g/mol. The van der Waals surface area contributed by atoms with E-state index < -0.39 is 15.9 Å². The number of carbonyl (C=O) groups is 1. The van der Waals surface area contributed by atoms with Crippen LogP contribution in [0.4, 0.5) is 5.69 Å². The number of amides is 1. The van der Waals surface area contributed by atoms with Crippen molar-refractivity contribution in [2.45, 2.75) is 43.4 Å². The quantitative estimate of drug-likeness (QED) is 0.223. The summed E-state index contributed by atoms with van der Waals surface area (Å²) < 4.78 is 26.7. The van der Waals surface area contributed by atoms with Crippen molar-refractivity contribution in [3.05, 3.63) is 29.5 Å². The van der Waals surface area contributed by atoms with Crippen molar-refractivity contribution in [2.75, 3.05) is 0 Å². The van der Waals surface area contributed by atoms with Gasteiger partial charge in [0.05, 0.1) is 4.90 Å². The number of hydroxylamine groups is 1. The van der Waals surface area contributed by atoms with Crippen LogP contribution in [0.2, 0.25) is 0 Å². The van der Waals surface area contributed by atoms with Gasteiger partial charge in [-0.1, -0.05) is 35.7 Å². The molecule has 1 aliphatic carbocycles. The van der Waals surface area contributed by atoms with Crippen LogP contribution in [0.25, 0.3) is 0 Å². The minimum absolute atomic E-state index is 0.0992. The Morgan fingerprint density at radius 2 is 1.79 bits per heavy atom. The summed E-state index contributed by atoms with van der Waals surface area (Å²) >= 11 is 0. The third-order valence-corrected chi connectivity index (χ3v) is 5.26. The van der Waals surface area contributed by atoms with E-state index in [0.717, 1.165) is 25.7 Å². The standard InChI is InChI=1S/C15H18N4O4S/c16-11-19(21)17-13-7-9-14(10-8-13)24(22,23)18-15(20)12-5-3-1-2-4-6-12/h7-10,12H,1-6H2,(H,18,20). The summed E-state index contributed by atoms with van der Waals surface area (Å²) in [5.74, 6) is -0.748. The van der Waals surface area contributed by atoms with Crippen LogP contribution >= 0.6 is 0 Å². The number of hydrogen-bond acceptors (Lipinski definition) is 6. The Kier molecular flexibility index (Phi) is 5.87. The lowest BCUT2D eigenvalue weighted by Crippen LogP contribution is -2.35. The molecule has 9 heteroatoms. The van der Waals surface area contributed by atoms with Gasteiger partial charge in [-0.05, 0) is 37.1 Å². The SMILES string of the molecule is N#C[N+]([O-])=Nc1ccc(S(=O)(=O)NC(=O)C2CCCCCC2)cc1. The van der Waals surface area contributed by atoms with Gasteiger partial charge in [-0.15, -0.1) is 0 Å². The highest BCUT2D eigenvalue weighted by Gasteiger charge is 2.25. The number of rotatable bonds is 4. The summed E-state index contributed by atoms with van der Waals surface area (Å²) in [6, 6.07) is 5.03. The van der Waals surface area contributed by atoms with Gasteiger partial charge in [0.15, 0.2) is 5.26 Å². The first kappa shape index (κ1) is 17.9. The molecular formula is C15H18N4O4S. The first-order chi connectivity index (χ1) is 11.4. The topological polar surface area (TPSA) is 125 Å². The first-order valence-electron chi connectivity index (χ1n) is 7.68. The lowest BCUT2D eigenvalue weighted by molar-refractivity contribution is -0.433. The molecule has 8 nitrogen and oxygen atoms in total. The molecule has 0 saturated heterocycles. The van der Waals surface area contributed by atoms with Crippen LogP contribution in [-0.2, 0) is 14.8 Å². The lowest BCUT2D eigenvalue weighted by atomic mass is 10.0. The maximum atomic E-state index is 12.3. The minimum atomic E-state index is -3.97. The summed E-state index contributed by atoms with van der Waals surface area (Å²) in [5, 5.41) is 22.6. The summed E-state index contributed by atoms with van der Waals surface area (Å²) in [4.78, 5) is 11.9. The normalized spacial score (nSPS) is 16.9. The Hall–Kier alpha value is -2.47. The van der Waals surface area contributed by atoms with Crippen molar-refractivity contribution >= 4 is 21.6 Å². The Morgan fingerprint density at radius 3 is 2.33 bits per heavy atom. The number of nitriles is 1. The van der Waals surface area contributed by atoms with Gasteiger partial charge in [-0.3, -0.25) is 4.79 Å². The van der Waals surface area contributed by atoms with Gasteiger partial charge < -0.3 is 5.21 Å². The van der Waals surface area contributed by atoms with Crippen molar-refractivity contribution in [1.82, 2.24) is 4.72 Å². The van der Waals surface area contributed by atoms with Gasteiger partial charge in [-0.2, -0.15) is 0 Å². The second kappa shape index (κ2) is 7.88. The van der Waals surface area contributed by atoms with Crippen LogP contribution in [0.5, 0.6) is 0 Å². The molecule has 1 aliphatic rings. The fourth-order valence-electron chi connectivity index (χ4n) is 2.64. The van der Waals surface area contributed by atoms with Gasteiger partial charge in [0, 0.05) is 5.92 Å². The van der Waals surface area contributed by atoms with Gasteiger partial charge in [0.25, 0.3) is 10.0 Å². The molecule has 0 radical (unpaired) electrons. The zero-order valence-corrected chi connectivity index (χ0v) is 13.8. The van der Waals surface area contributed by atoms with Crippen molar-refractivity contribution in [1.29, 1.82) is 5.26 Å². The molecule has 1 N–H and O–H groups in total. The molecule has 1 fully saturated rings. The molecule has 24 heavy (non-hydrogen) atoms. The number of nitrogens with one attached hydrogen (secondary N) is 1. The summed E-state index contributed by atoms with van der Waals surface area (Å²) in [6.45, 7) is 0. The molecule has 0 aliphatic heterocycles. The molecule has 0 bridgehead atoms. The van der Waals surface area contributed by atoms with E-state index in [1.54, 1.807) is 0 Å². The first-order valence-corrected chi connectivity index (χ1v) is 9.16. The van der Waals surface area contributed by atoms with E-state index in [1.807, 2.05) is 0 Å². The number of carbonyl (C=O) groups excluding carboxylic acids is 1. The highest BCUT2D eigenvalue weighted by Crippen LogP contribution is 2.24. The van der Waals surface area contributed by atoms with Crippen LogP contribution in [0, 0.1) is 22.6 Å². The maximum Gasteiger partial charge on any atom is 0.485 e. The lowest BCUT2D eigenvalue weighted by Gasteiger charge is -2.14. The maximum absolute atomic E-state index is 12.3. The largest absolute Gasteiger partial charge is 0.682 e. The van der Waals surface area contributed by atoms with Crippen LogP contribution < -0.4 is 4.72 Å². The Balaban J connectivity index is 2.09. The van der Waals surface area contributed by atoms with Gasteiger partial charge in [0.2, 0.25) is 5.91 Å². The zero-order valence-electron chi connectivity index (χ0n) is 13.0. The van der Waals surface area contributed by atoms with E-state index in [0.29, 0.717) is 12.8 Å². The smallest absolute Gasteiger partial charge is 0.485 e. The average molecular weight is 350 g/mol. The Labute approximate surface area is 140 Å². The van der Waals surface area contributed by atoms with Crippen LogP contribution in [0.1, 0.15) is 38.5 Å². The summed E-state index contributed by atoms with van der Waals surface area (Å²) in [6.07, 6.45) is 6.66. The second-order valence-corrected chi connectivity index (χ2v) is 7.31. The van der Waals surface area contributed by atoms with E-state index in [9.17, 15) is 18.4 Å². The second-order valence-electron chi connectivity index (χ2n) is 5.63. The van der Waals surface area contributed by atoms with Crippen molar-refractivity contribution in [2.24, 2.45) is 11.0 Å². The molecule has 1 amide bonds. The minimum Gasteiger partial charge on any atom is -0.682 e. The van der Waals surface area contributed by atoms with Crippen molar-refractivity contribution in [3.63, 3.8) is 0 Å². The van der Waals surface area contributed by atoms with E-state index in [1.165, 1.54) is 30.5 Å². The average Bonchev–Trinajstić information content (AvgIpc) is 2.84. The molecule has 1 saturated carbocycles. The van der Waals surface area contributed by atoms with Crippen molar-refractivity contribution < 1.29 is 18.1 Å². The molecule has 128 valence electrons. The molecule has 0 aromatic heterocycles. The molecule has 2 rings (SSSR count). The van der Waals surface area contributed by atoms with Crippen molar-refractivity contribution in [3.8, 4) is 6.19 Å². The number of hydrogen-bond donors (Lipinski definition) is 1. The van der Waals surface area contributed by atoms with Gasteiger partial charge in [-0.25, -0.2) is 13.1 Å². The molecular weight excluding hydrogens is 332 g/mol. The number of nitrogens with zero attached hydrogens (tertiary/aromatic N) is 3. The highest BCUT2D eigenvalue weighted by molar-refractivity contribution is 7.90. The fourth-order valence-corrected chi connectivity index (χ4v) is 3.68. The molecule has 0 atom stereocenters. The molecule has 0 spiro atoms. The number of azo groups is 1. The van der Waals surface area contributed by atoms with Gasteiger partial charge >= 0.3 is 6.19 Å². The van der Waals surface area contributed by atoms with E-state index >= 15 is 0 Å². The number of benzene rings is 1. The predicted octanol–water partition coefficient (Wildman–Crippen LogP) is 2.54. The predicted molar refractivity (Wildman–Crippen MR) is 84.3 cm³/mol. The molecule has 0 unspecified atom stereocenters. The third-order valence-electron chi connectivity index (χ3n) is 3.90. The molecule has 1 aromatic rings. The van der Waals surface area contributed by atoms with Crippen LogP contribution in [0.15, 0.2) is 34.3 Å². The fraction of sp³-hybridized carbons (Fsp3) is 0.467. The number of sulfonamides is 1. The van der Waals surface area contributed by atoms with E-state index in [2.05, 4.69) is 9.84 Å².